The Morgan fingerprint density at radius 2 is 1.22 bits per heavy atom. The summed E-state index contributed by atoms with van der Waals surface area (Å²) in [6, 6.07) is 0. The highest BCUT2D eigenvalue weighted by Crippen LogP contribution is 2.35. The number of phosphoric ester groups is 1. The Hall–Kier alpha value is -1.48. The maximum atomic E-state index is 12.1. The fourth-order valence-corrected chi connectivity index (χ4v) is 4.11. The molecule has 218 valence electrons. The van der Waals surface area contributed by atoms with Gasteiger partial charge in [-0.15, -0.1) is 0 Å². The molecule has 10 nitrogen and oxygen atoms in total. The van der Waals surface area contributed by atoms with Gasteiger partial charge in [-0.25, -0.2) is 4.57 Å². The number of hydrogen-bond donors (Lipinski definition) is 3. The SMILES string of the molecule is CCCCCCCCC(=O)O[C@H](COC(=O)CCCCCCCCCCCNC(C)=O)COP(=O)(O)O. The van der Waals surface area contributed by atoms with Crippen LogP contribution in [0.2, 0.25) is 0 Å². The lowest BCUT2D eigenvalue weighted by molar-refractivity contribution is -0.161. The van der Waals surface area contributed by atoms with Crippen molar-refractivity contribution in [3.8, 4) is 0 Å². The highest BCUT2D eigenvalue weighted by molar-refractivity contribution is 7.46. The predicted molar refractivity (Wildman–Crippen MR) is 142 cm³/mol. The molecule has 0 aliphatic carbocycles. The minimum atomic E-state index is -4.74. The Labute approximate surface area is 222 Å². The van der Waals surface area contributed by atoms with Crippen molar-refractivity contribution in [3.05, 3.63) is 0 Å². The summed E-state index contributed by atoms with van der Waals surface area (Å²) in [7, 11) is -4.74. The first-order valence-electron chi connectivity index (χ1n) is 13.9. The van der Waals surface area contributed by atoms with Gasteiger partial charge in [0.25, 0.3) is 0 Å². The minimum Gasteiger partial charge on any atom is -0.462 e. The quantitative estimate of drug-likeness (QED) is 0.0776. The number of carbonyl (C=O) groups is 3. The van der Waals surface area contributed by atoms with Crippen LogP contribution >= 0.6 is 7.82 Å². The standard InChI is InChI=1S/C26H50NO9P/c1-3-4-5-6-12-16-19-26(30)36-24(22-35-37(31,32)33)21-34-25(29)18-15-13-10-8-7-9-11-14-17-20-27-23(2)28/h24H,3-22H2,1-2H3,(H,27,28)(H2,31,32,33)/t24-/m1/s1. The van der Waals surface area contributed by atoms with E-state index < -0.39 is 32.5 Å². The van der Waals surface area contributed by atoms with Gasteiger partial charge in [-0.05, 0) is 19.3 Å². The Balaban J connectivity index is 3.99. The van der Waals surface area contributed by atoms with Crippen molar-refractivity contribution >= 4 is 25.7 Å². The molecule has 0 rings (SSSR count). The molecule has 11 heteroatoms. The summed E-state index contributed by atoms with van der Waals surface area (Å²) in [6.45, 7) is 3.55. The number of esters is 2. The third kappa shape index (κ3) is 27.4. The maximum Gasteiger partial charge on any atom is 0.469 e. The largest absolute Gasteiger partial charge is 0.469 e. The van der Waals surface area contributed by atoms with Crippen molar-refractivity contribution in [2.75, 3.05) is 19.8 Å². The zero-order chi connectivity index (χ0) is 27.8. The summed E-state index contributed by atoms with van der Waals surface area (Å²) in [5.74, 6) is -0.925. The molecule has 0 aromatic rings. The molecule has 0 unspecified atom stereocenters. The van der Waals surface area contributed by atoms with Crippen LogP contribution in [0.15, 0.2) is 0 Å². The lowest BCUT2D eigenvalue weighted by atomic mass is 10.1. The van der Waals surface area contributed by atoms with Crippen LogP contribution in [0.5, 0.6) is 0 Å². The molecule has 0 heterocycles. The van der Waals surface area contributed by atoms with Crippen LogP contribution in [0.25, 0.3) is 0 Å². The molecule has 37 heavy (non-hydrogen) atoms. The number of carbonyl (C=O) groups excluding carboxylic acids is 3. The number of phosphoric acid groups is 1. The fourth-order valence-electron chi connectivity index (χ4n) is 3.75. The van der Waals surface area contributed by atoms with Crippen LogP contribution in [0.1, 0.15) is 123 Å². The second-order valence-electron chi connectivity index (χ2n) is 9.51. The van der Waals surface area contributed by atoms with Gasteiger partial charge in [-0.1, -0.05) is 84.0 Å². The maximum absolute atomic E-state index is 12.1. The lowest BCUT2D eigenvalue weighted by Gasteiger charge is -2.18. The van der Waals surface area contributed by atoms with E-state index in [1.54, 1.807) is 0 Å². The van der Waals surface area contributed by atoms with E-state index in [0.29, 0.717) is 12.8 Å². The van der Waals surface area contributed by atoms with Crippen molar-refractivity contribution < 1.29 is 42.7 Å². The Bertz CT molecular complexity index is 654. The van der Waals surface area contributed by atoms with E-state index >= 15 is 0 Å². The summed E-state index contributed by atoms with van der Waals surface area (Å²) in [5.41, 5.74) is 0. The second kappa shape index (κ2) is 23.6. The van der Waals surface area contributed by atoms with Gasteiger partial charge in [0.1, 0.15) is 6.61 Å². The van der Waals surface area contributed by atoms with Crippen LogP contribution in [0.3, 0.4) is 0 Å². The van der Waals surface area contributed by atoms with Crippen LogP contribution in [-0.2, 0) is 32.9 Å². The first kappa shape index (κ1) is 35.5. The monoisotopic (exact) mass is 551 g/mol. The molecule has 0 aromatic heterocycles. The third-order valence-electron chi connectivity index (χ3n) is 5.82. The lowest BCUT2D eigenvalue weighted by Crippen LogP contribution is -2.29. The molecule has 0 aliphatic rings. The van der Waals surface area contributed by atoms with Crippen molar-refractivity contribution in [1.29, 1.82) is 0 Å². The highest BCUT2D eigenvalue weighted by Gasteiger charge is 2.22. The van der Waals surface area contributed by atoms with E-state index in [0.717, 1.165) is 83.6 Å². The number of amides is 1. The highest BCUT2D eigenvalue weighted by atomic mass is 31.2. The van der Waals surface area contributed by atoms with Crippen LogP contribution in [0.4, 0.5) is 0 Å². The Kier molecular flexibility index (Phi) is 22.7. The van der Waals surface area contributed by atoms with Crippen LogP contribution in [0, 0.1) is 0 Å². The van der Waals surface area contributed by atoms with E-state index in [4.69, 9.17) is 19.3 Å². The van der Waals surface area contributed by atoms with Crippen molar-refractivity contribution in [2.24, 2.45) is 0 Å². The zero-order valence-corrected chi connectivity index (χ0v) is 23.8. The van der Waals surface area contributed by atoms with Gasteiger partial charge in [0.2, 0.25) is 5.91 Å². The van der Waals surface area contributed by atoms with Gasteiger partial charge in [0.15, 0.2) is 6.10 Å². The van der Waals surface area contributed by atoms with Gasteiger partial charge in [0.05, 0.1) is 6.61 Å². The topological polar surface area (TPSA) is 148 Å². The fraction of sp³-hybridized carbons (Fsp3) is 0.885. The average molecular weight is 552 g/mol. The van der Waals surface area contributed by atoms with Gasteiger partial charge < -0.3 is 24.6 Å². The number of unbranched alkanes of at least 4 members (excludes halogenated alkanes) is 13. The molecule has 1 atom stereocenters. The zero-order valence-electron chi connectivity index (χ0n) is 22.9. The van der Waals surface area contributed by atoms with Gasteiger partial charge >= 0.3 is 19.8 Å². The molecule has 0 saturated carbocycles. The predicted octanol–water partition coefficient (Wildman–Crippen LogP) is 5.34. The van der Waals surface area contributed by atoms with Gasteiger partial charge in [0, 0.05) is 26.3 Å². The molecular formula is C26H50NO9P. The van der Waals surface area contributed by atoms with Crippen molar-refractivity contribution in [2.45, 2.75) is 129 Å². The molecular weight excluding hydrogens is 501 g/mol. The molecule has 0 bridgehead atoms. The van der Waals surface area contributed by atoms with E-state index in [9.17, 15) is 18.9 Å². The average Bonchev–Trinajstić information content (AvgIpc) is 2.83. The van der Waals surface area contributed by atoms with Gasteiger partial charge in [-0.3, -0.25) is 18.9 Å². The first-order valence-corrected chi connectivity index (χ1v) is 15.5. The smallest absolute Gasteiger partial charge is 0.462 e. The number of ether oxygens (including phenoxy) is 2. The van der Waals surface area contributed by atoms with Crippen molar-refractivity contribution in [1.82, 2.24) is 5.32 Å². The Morgan fingerprint density at radius 3 is 1.73 bits per heavy atom. The second-order valence-corrected chi connectivity index (χ2v) is 10.8. The van der Waals surface area contributed by atoms with Gasteiger partial charge in [-0.2, -0.15) is 0 Å². The summed E-state index contributed by atoms with van der Waals surface area (Å²) in [6.07, 6.45) is 14.8. The summed E-state index contributed by atoms with van der Waals surface area (Å²) >= 11 is 0. The molecule has 3 N–H and O–H groups in total. The van der Waals surface area contributed by atoms with E-state index in [2.05, 4.69) is 16.8 Å². The third-order valence-corrected chi connectivity index (χ3v) is 6.31. The molecule has 0 radical (unpaired) electrons. The molecule has 0 aromatic carbocycles. The molecule has 0 saturated heterocycles. The summed E-state index contributed by atoms with van der Waals surface area (Å²) in [4.78, 5) is 52.8. The number of nitrogens with one attached hydrogen (secondary N) is 1. The molecule has 0 aliphatic heterocycles. The summed E-state index contributed by atoms with van der Waals surface area (Å²) in [5, 5.41) is 2.79. The minimum absolute atomic E-state index is 0.0138. The Morgan fingerprint density at radius 1 is 0.730 bits per heavy atom. The number of rotatable bonds is 25. The molecule has 0 spiro atoms. The van der Waals surface area contributed by atoms with Crippen molar-refractivity contribution in [3.63, 3.8) is 0 Å². The number of hydrogen-bond acceptors (Lipinski definition) is 7. The molecule has 1 amide bonds. The molecule has 0 fully saturated rings. The van der Waals surface area contributed by atoms with E-state index in [-0.39, 0.29) is 25.4 Å². The first-order chi connectivity index (χ1) is 17.6. The van der Waals surface area contributed by atoms with Crippen LogP contribution in [-0.4, -0.2) is 53.5 Å². The van der Waals surface area contributed by atoms with E-state index in [1.165, 1.54) is 13.3 Å². The normalized spacial score (nSPS) is 12.2. The van der Waals surface area contributed by atoms with E-state index in [1.807, 2.05) is 0 Å². The van der Waals surface area contributed by atoms with Crippen LogP contribution < -0.4 is 5.32 Å². The summed E-state index contributed by atoms with van der Waals surface area (Å²) < 4.78 is 25.9.